The highest BCUT2D eigenvalue weighted by atomic mass is 16.7. The number of aromatic amines is 1. The average molecular weight is 436 g/mol. The third kappa shape index (κ3) is 7.24. The quantitative estimate of drug-likeness (QED) is 0.266. The zero-order chi connectivity index (χ0) is 22.6. The van der Waals surface area contributed by atoms with Gasteiger partial charge in [-0.05, 0) is 48.2 Å². The van der Waals surface area contributed by atoms with E-state index in [-0.39, 0.29) is 5.97 Å². The molecule has 0 aliphatic heterocycles. The van der Waals surface area contributed by atoms with E-state index in [4.69, 9.17) is 9.57 Å². The van der Waals surface area contributed by atoms with Gasteiger partial charge in [-0.15, -0.1) is 0 Å². The Morgan fingerprint density at radius 3 is 2.41 bits per heavy atom. The molecule has 3 aromatic rings. The summed E-state index contributed by atoms with van der Waals surface area (Å²) >= 11 is 0. The number of hydrogen-bond acceptors (Lipinski definition) is 5. The maximum absolute atomic E-state index is 11.5. The van der Waals surface area contributed by atoms with Gasteiger partial charge in [0.05, 0.1) is 24.9 Å². The fraction of sp³-hybridized carbons (Fsp3) is 0.385. The Morgan fingerprint density at radius 1 is 0.969 bits per heavy atom. The number of aromatic nitrogens is 2. The van der Waals surface area contributed by atoms with Gasteiger partial charge in [0.25, 0.3) is 0 Å². The van der Waals surface area contributed by atoms with Crippen molar-refractivity contribution in [3.63, 3.8) is 0 Å². The predicted molar refractivity (Wildman–Crippen MR) is 127 cm³/mol. The Balaban J connectivity index is 1.52. The van der Waals surface area contributed by atoms with Gasteiger partial charge in [-0.3, -0.25) is 4.79 Å². The summed E-state index contributed by atoms with van der Waals surface area (Å²) in [7, 11) is 1.57. The highest BCUT2D eigenvalue weighted by molar-refractivity contribution is 5.69. The molecule has 0 aliphatic rings. The van der Waals surface area contributed by atoms with Gasteiger partial charge < -0.3 is 14.6 Å². The number of carbonyl (C=O) groups excluding carboxylic acids is 1. The van der Waals surface area contributed by atoms with Gasteiger partial charge in [0.1, 0.15) is 11.6 Å². The first-order valence-corrected chi connectivity index (χ1v) is 11.4. The highest BCUT2D eigenvalue weighted by Gasteiger charge is 2.07. The number of imidazole rings is 1. The van der Waals surface area contributed by atoms with E-state index in [0.29, 0.717) is 12.8 Å². The summed E-state index contributed by atoms with van der Waals surface area (Å²) in [5.41, 5.74) is 6.51. The second-order valence-electron chi connectivity index (χ2n) is 7.81. The lowest BCUT2D eigenvalue weighted by molar-refractivity contribution is -0.149. The van der Waals surface area contributed by atoms with E-state index < -0.39 is 0 Å². The SMILES string of the molecule is CCCCCCCOc1ccc(-c2cnc(-c3ccc(CCC(=O)ONC)cc3)[nH]2)cc1. The lowest BCUT2D eigenvalue weighted by Gasteiger charge is -2.07. The topological polar surface area (TPSA) is 76.2 Å². The van der Waals surface area contributed by atoms with Crippen LogP contribution in [0, 0.1) is 0 Å². The van der Waals surface area contributed by atoms with E-state index in [0.717, 1.165) is 47.0 Å². The van der Waals surface area contributed by atoms with Crippen LogP contribution in [0.3, 0.4) is 0 Å². The fourth-order valence-electron chi connectivity index (χ4n) is 3.48. The number of nitrogens with one attached hydrogen (secondary N) is 2. The average Bonchev–Trinajstić information content (AvgIpc) is 3.31. The normalized spacial score (nSPS) is 10.8. The molecule has 0 radical (unpaired) electrons. The van der Waals surface area contributed by atoms with Crippen LogP contribution in [0.15, 0.2) is 54.7 Å². The lowest BCUT2D eigenvalue weighted by Crippen LogP contribution is -2.15. The highest BCUT2D eigenvalue weighted by Crippen LogP contribution is 2.24. The van der Waals surface area contributed by atoms with E-state index in [1.165, 1.54) is 25.7 Å². The number of ether oxygens (including phenoxy) is 1. The molecule has 3 rings (SSSR count). The van der Waals surface area contributed by atoms with E-state index in [1.54, 1.807) is 7.05 Å². The Morgan fingerprint density at radius 2 is 1.69 bits per heavy atom. The van der Waals surface area contributed by atoms with Crippen LogP contribution in [0.5, 0.6) is 5.75 Å². The van der Waals surface area contributed by atoms with Gasteiger partial charge in [-0.25, -0.2) is 4.98 Å². The van der Waals surface area contributed by atoms with Gasteiger partial charge in [-0.1, -0.05) is 56.9 Å². The van der Waals surface area contributed by atoms with Crippen molar-refractivity contribution < 1.29 is 14.4 Å². The maximum atomic E-state index is 11.5. The molecule has 2 N–H and O–H groups in total. The van der Waals surface area contributed by atoms with Crippen molar-refractivity contribution in [3.05, 3.63) is 60.3 Å². The summed E-state index contributed by atoms with van der Waals surface area (Å²) in [5.74, 6) is 1.45. The molecule has 0 atom stereocenters. The molecule has 2 aromatic carbocycles. The van der Waals surface area contributed by atoms with Crippen LogP contribution in [0.1, 0.15) is 51.0 Å². The number of rotatable bonds is 13. The summed E-state index contributed by atoms with van der Waals surface area (Å²) in [6, 6.07) is 16.2. The Bertz CT molecular complexity index is 949. The largest absolute Gasteiger partial charge is 0.494 e. The molecule has 0 amide bonds. The molecule has 0 aliphatic carbocycles. The second-order valence-corrected chi connectivity index (χ2v) is 7.81. The van der Waals surface area contributed by atoms with Crippen molar-refractivity contribution in [1.82, 2.24) is 15.4 Å². The Labute approximate surface area is 190 Å². The van der Waals surface area contributed by atoms with E-state index in [9.17, 15) is 4.79 Å². The van der Waals surface area contributed by atoms with E-state index in [2.05, 4.69) is 34.5 Å². The maximum Gasteiger partial charge on any atom is 0.325 e. The van der Waals surface area contributed by atoms with E-state index in [1.807, 2.05) is 42.6 Å². The molecular formula is C26H33N3O3. The number of H-pyrrole nitrogens is 1. The van der Waals surface area contributed by atoms with Gasteiger partial charge in [0.15, 0.2) is 0 Å². The van der Waals surface area contributed by atoms with Gasteiger partial charge in [0.2, 0.25) is 0 Å². The molecule has 0 unspecified atom stereocenters. The summed E-state index contributed by atoms with van der Waals surface area (Å²) in [5, 5.41) is 0. The molecule has 0 fully saturated rings. The van der Waals surface area contributed by atoms with Crippen molar-refractivity contribution in [2.75, 3.05) is 13.7 Å². The first-order chi connectivity index (χ1) is 15.7. The van der Waals surface area contributed by atoms with Gasteiger partial charge >= 0.3 is 5.97 Å². The number of hydroxylamine groups is 1. The van der Waals surface area contributed by atoms with Crippen LogP contribution >= 0.6 is 0 Å². The van der Waals surface area contributed by atoms with Gasteiger partial charge in [0, 0.05) is 12.6 Å². The molecular weight excluding hydrogens is 402 g/mol. The predicted octanol–water partition coefficient (Wildman–Crippen LogP) is 5.70. The second kappa shape index (κ2) is 12.7. The number of nitrogens with zero attached hydrogens (tertiary/aromatic N) is 1. The number of benzene rings is 2. The zero-order valence-corrected chi connectivity index (χ0v) is 19.0. The monoisotopic (exact) mass is 435 g/mol. The molecule has 32 heavy (non-hydrogen) atoms. The molecule has 0 spiro atoms. The minimum absolute atomic E-state index is 0.268. The summed E-state index contributed by atoms with van der Waals surface area (Å²) < 4.78 is 5.85. The van der Waals surface area contributed by atoms with Crippen molar-refractivity contribution in [1.29, 1.82) is 0 Å². The molecule has 0 saturated carbocycles. The van der Waals surface area contributed by atoms with Crippen LogP contribution in [0.2, 0.25) is 0 Å². The van der Waals surface area contributed by atoms with Crippen molar-refractivity contribution in [2.45, 2.75) is 51.9 Å². The minimum atomic E-state index is -0.268. The lowest BCUT2D eigenvalue weighted by atomic mass is 10.1. The fourth-order valence-corrected chi connectivity index (χ4v) is 3.48. The van der Waals surface area contributed by atoms with Crippen molar-refractivity contribution >= 4 is 5.97 Å². The minimum Gasteiger partial charge on any atom is -0.494 e. The number of aryl methyl sites for hydroxylation is 1. The molecule has 1 heterocycles. The van der Waals surface area contributed by atoms with E-state index >= 15 is 0 Å². The molecule has 6 nitrogen and oxygen atoms in total. The molecule has 6 heteroatoms. The number of unbranched alkanes of at least 4 members (excludes halogenated alkanes) is 4. The molecule has 0 bridgehead atoms. The van der Waals surface area contributed by atoms with Crippen molar-refractivity contribution in [3.8, 4) is 28.4 Å². The number of hydrogen-bond donors (Lipinski definition) is 2. The van der Waals surface area contributed by atoms with Gasteiger partial charge in [-0.2, -0.15) is 5.48 Å². The summed E-state index contributed by atoms with van der Waals surface area (Å²) in [4.78, 5) is 24.1. The first-order valence-electron chi connectivity index (χ1n) is 11.4. The third-order valence-electron chi connectivity index (χ3n) is 5.32. The first kappa shape index (κ1) is 23.5. The summed E-state index contributed by atoms with van der Waals surface area (Å²) in [6.45, 7) is 3.00. The third-order valence-corrected chi connectivity index (χ3v) is 5.32. The van der Waals surface area contributed by atoms with Crippen LogP contribution in [-0.4, -0.2) is 29.6 Å². The van der Waals surface area contributed by atoms with Crippen LogP contribution < -0.4 is 10.2 Å². The molecule has 170 valence electrons. The number of carbonyl (C=O) groups is 1. The van der Waals surface area contributed by atoms with Crippen LogP contribution in [0.25, 0.3) is 22.6 Å². The summed E-state index contributed by atoms with van der Waals surface area (Å²) in [6.07, 6.45) is 9.00. The molecule has 1 aromatic heterocycles. The zero-order valence-electron chi connectivity index (χ0n) is 19.0. The Kier molecular flexibility index (Phi) is 9.32. The van der Waals surface area contributed by atoms with Crippen LogP contribution in [-0.2, 0) is 16.1 Å². The van der Waals surface area contributed by atoms with Crippen molar-refractivity contribution in [2.24, 2.45) is 0 Å². The van der Waals surface area contributed by atoms with Crippen LogP contribution in [0.4, 0.5) is 0 Å². The standard InChI is InChI=1S/C26H33N3O3/c1-3-4-5-6-7-18-31-23-15-13-21(14-16-23)24-19-28-26(29-24)22-11-8-20(9-12-22)10-17-25(30)32-27-2/h8-9,11-16,19,27H,3-7,10,17-18H2,1-2H3,(H,28,29). The molecule has 0 saturated heterocycles. The Hall–Kier alpha value is -3.12. The smallest absolute Gasteiger partial charge is 0.325 e.